The molecule has 0 rings (SSSR count). The lowest BCUT2D eigenvalue weighted by Crippen LogP contribution is -2.28. The molecule has 1 atom stereocenters. The van der Waals surface area contributed by atoms with E-state index in [4.69, 9.17) is 10.00 Å². The molecule has 1 N–H and O–H groups in total. The van der Waals surface area contributed by atoms with Gasteiger partial charge in [-0.25, -0.2) is 0 Å². The third-order valence-corrected chi connectivity index (χ3v) is 1.82. The average molecular weight is 198 g/mol. The van der Waals surface area contributed by atoms with Crippen LogP contribution in [0.15, 0.2) is 0 Å². The van der Waals surface area contributed by atoms with Gasteiger partial charge in [0, 0.05) is 6.42 Å². The summed E-state index contributed by atoms with van der Waals surface area (Å²) in [4.78, 5) is 10.9. The highest BCUT2D eigenvalue weighted by molar-refractivity contribution is 5.69. The standard InChI is InChI=1S/C10H18N2O2/c1-3-9(8-11)12-7-5-6-10(13)14-4-2/h9,12H,3-7H2,1-2H3. The number of nitrogens with one attached hydrogen (secondary N) is 1. The molecule has 0 bridgehead atoms. The van der Waals surface area contributed by atoms with Crippen molar-refractivity contribution >= 4 is 5.97 Å². The maximum Gasteiger partial charge on any atom is 0.305 e. The van der Waals surface area contributed by atoms with Crippen LogP contribution in [0.2, 0.25) is 0 Å². The van der Waals surface area contributed by atoms with Gasteiger partial charge in [0.15, 0.2) is 0 Å². The molecule has 1 unspecified atom stereocenters. The smallest absolute Gasteiger partial charge is 0.305 e. The van der Waals surface area contributed by atoms with Crippen LogP contribution in [-0.4, -0.2) is 25.2 Å². The van der Waals surface area contributed by atoms with Gasteiger partial charge in [0.2, 0.25) is 0 Å². The molecule has 0 heterocycles. The van der Waals surface area contributed by atoms with E-state index in [1.165, 1.54) is 0 Å². The van der Waals surface area contributed by atoms with Crippen LogP contribution < -0.4 is 5.32 Å². The summed E-state index contributed by atoms with van der Waals surface area (Å²) < 4.78 is 4.77. The molecule has 4 nitrogen and oxygen atoms in total. The zero-order valence-electron chi connectivity index (χ0n) is 8.88. The van der Waals surface area contributed by atoms with Crippen molar-refractivity contribution in [2.24, 2.45) is 0 Å². The first-order chi connectivity index (χ1) is 6.74. The van der Waals surface area contributed by atoms with Gasteiger partial charge >= 0.3 is 5.97 Å². The topological polar surface area (TPSA) is 62.1 Å². The molecule has 4 heteroatoms. The number of hydrogen-bond acceptors (Lipinski definition) is 4. The first kappa shape index (κ1) is 12.9. The van der Waals surface area contributed by atoms with Gasteiger partial charge in [-0.1, -0.05) is 6.92 Å². The predicted molar refractivity (Wildman–Crippen MR) is 53.6 cm³/mol. The van der Waals surface area contributed by atoms with Crippen LogP contribution in [0.3, 0.4) is 0 Å². The number of nitriles is 1. The fraction of sp³-hybridized carbons (Fsp3) is 0.800. The van der Waals surface area contributed by atoms with E-state index in [9.17, 15) is 4.79 Å². The summed E-state index contributed by atoms with van der Waals surface area (Å²) in [7, 11) is 0. The van der Waals surface area contributed by atoms with E-state index in [-0.39, 0.29) is 12.0 Å². The Morgan fingerprint density at radius 3 is 2.79 bits per heavy atom. The Morgan fingerprint density at radius 2 is 2.29 bits per heavy atom. The van der Waals surface area contributed by atoms with Gasteiger partial charge in [-0.15, -0.1) is 0 Å². The molecular weight excluding hydrogens is 180 g/mol. The van der Waals surface area contributed by atoms with E-state index in [0.29, 0.717) is 19.6 Å². The molecule has 0 aromatic rings. The van der Waals surface area contributed by atoms with Crippen molar-refractivity contribution in [2.75, 3.05) is 13.2 Å². The Morgan fingerprint density at radius 1 is 1.57 bits per heavy atom. The number of carbonyl (C=O) groups excluding carboxylic acids is 1. The van der Waals surface area contributed by atoms with Crippen LogP contribution in [0.5, 0.6) is 0 Å². The highest BCUT2D eigenvalue weighted by atomic mass is 16.5. The molecule has 0 fully saturated rings. The molecule has 14 heavy (non-hydrogen) atoms. The SMILES string of the molecule is CCOC(=O)CCCNC(C#N)CC. The molecule has 0 radical (unpaired) electrons. The average Bonchev–Trinajstić information content (AvgIpc) is 2.19. The van der Waals surface area contributed by atoms with Gasteiger partial charge in [0.05, 0.1) is 18.7 Å². The van der Waals surface area contributed by atoms with E-state index in [2.05, 4.69) is 11.4 Å². The number of ether oxygens (including phenoxy) is 1. The van der Waals surface area contributed by atoms with Crippen molar-refractivity contribution < 1.29 is 9.53 Å². The molecule has 0 aliphatic rings. The summed E-state index contributed by atoms with van der Waals surface area (Å²) in [6.45, 7) is 4.86. The second kappa shape index (κ2) is 8.52. The van der Waals surface area contributed by atoms with Crippen molar-refractivity contribution in [3.05, 3.63) is 0 Å². The van der Waals surface area contributed by atoms with E-state index in [0.717, 1.165) is 12.8 Å². The fourth-order valence-corrected chi connectivity index (χ4v) is 1.02. The Balaban J connectivity index is 3.37. The molecule has 0 aromatic carbocycles. The molecule has 0 aliphatic heterocycles. The summed E-state index contributed by atoms with van der Waals surface area (Å²) in [5.74, 6) is -0.167. The van der Waals surface area contributed by atoms with Gasteiger partial charge in [-0.05, 0) is 26.3 Å². The monoisotopic (exact) mass is 198 g/mol. The van der Waals surface area contributed by atoms with Crippen LogP contribution >= 0.6 is 0 Å². The number of carbonyl (C=O) groups is 1. The van der Waals surface area contributed by atoms with Crippen LogP contribution in [0.25, 0.3) is 0 Å². The third-order valence-electron chi connectivity index (χ3n) is 1.82. The zero-order valence-corrected chi connectivity index (χ0v) is 8.88. The molecule has 0 aromatic heterocycles. The van der Waals surface area contributed by atoms with Crippen molar-refractivity contribution in [1.29, 1.82) is 5.26 Å². The van der Waals surface area contributed by atoms with E-state index < -0.39 is 0 Å². The zero-order chi connectivity index (χ0) is 10.8. The molecule has 0 spiro atoms. The lowest BCUT2D eigenvalue weighted by atomic mass is 10.2. The Bertz CT molecular complexity index is 199. The number of esters is 1. The minimum absolute atomic E-state index is 0.0998. The summed E-state index contributed by atoms with van der Waals surface area (Å²) >= 11 is 0. The maximum absolute atomic E-state index is 10.9. The van der Waals surface area contributed by atoms with Crippen molar-refractivity contribution in [2.45, 2.75) is 39.2 Å². The quantitative estimate of drug-likeness (QED) is 0.493. The van der Waals surface area contributed by atoms with E-state index in [1.54, 1.807) is 6.92 Å². The van der Waals surface area contributed by atoms with E-state index >= 15 is 0 Å². The van der Waals surface area contributed by atoms with Crippen LogP contribution in [0.1, 0.15) is 33.1 Å². The van der Waals surface area contributed by atoms with Crippen LogP contribution in [0.4, 0.5) is 0 Å². The Labute approximate surface area is 85.2 Å². The van der Waals surface area contributed by atoms with Gasteiger partial charge in [-0.2, -0.15) is 5.26 Å². The first-order valence-corrected chi connectivity index (χ1v) is 5.03. The fourth-order valence-electron chi connectivity index (χ4n) is 1.02. The van der Waals surface area contributed by atoms with Crippen molar-refractivity contribution in [3.8, 4) is 6.07 Å². The van der Waals surface area contributed by atoms with E-state index in [1.807, 2.05) is 6.92 Å². The lowest BCUT2D eigenvalue weighted by molar-refractivity contribution is -0.143. The van der Waals surface area contributed by atoms with Crippen LogP contribution in [-0.2, 0) is 9.53 Å². The lowest BCUT2D eigenvalue weighted by Gasteiger charge is -2.07. The van der Waals surface area contributed by atoms with Crippen LogP contribution in [0, 0.1) is 11.3 Å². The first-order valence-electron chi connectivity index (χ1n) is 5.03. The Kier molecular flexibility index (Phi) is 7.86. The van der Waals surface area contributed by atoms with Gasteiger partial charge in [0.25, 0.3) is 0 Å². The highest BCUT2D eigenvalue weighted by Crippen LogP contribution is 1.93. The molecule has 80 valence electrons. The van der Waals surface area contributed by atoms with Crippen molar-refractivity contribution in [3.63, 3.8) is 0 Å². The minimum atomic E-state index is -0.167. The Hall–Kier alpha value is -1.08. The largest absolute Gasteiger partial charge is 0.466 e. The summed E-state index contributed by atoms with van der Waals surface area (Å²) in [5.41, 5.74) is 0. The normalized spacial score (nSPS) is 11.8. The summed E-state index contributed by atoms with van der Waals surface area (Å²) in [6, 6.07) is 2.04. The maximum atomic E-state index is 10.9. The minimum Gasteiger partial charge on any atom is -0.466 e. The van der Waals surface area contributed by atoms with Gasteiger partial charge in [0.1, 0.15) is 0 Å². The van der Waals surface area contributed by atoms with Gasteiger partial charge < -0.3 is 10.1 Å². The molecule has 0 saturated carbocycles. The molecule has 0 aliphatic carbocycles. The molecule has 0 saturated heterocycles. The number of rotatable bonds is 7. The number of nitrogens with zero attached hydrogens (tertiary/aromatic N) is 1. The summed E-state index contributed by atoms with van der Waals surface area (Å²) in [5, 5.41) is 11.7. The summed E-state index contributed by atoms with van der Waals surface area (Å²) in [6.07, 6.45) is 1.93. The molecular formula is C10H18N2O2. The van der Waals surface area contributed by atoms with Gasteiger partial charge in [-0.3, -0.25) is 4.79 Å². The second-order valence-electron chi connectivity index (χ2n) is 2.95. The van der Waals surface area contributed by atoms with Crippen molar-refractivity contribution in [1.82, 2.24) is 5.32 Å². The highest BCUT2D eigenvalue weighted by Gasteiger charge is 2.04. The number of hydrogen-bond donors (Lipinski definition) is 1. The second-order valence-corrected chi connectivity index (χ2v) is 2.95. The third kappa shape index (κ3) is 6.44. The molecule has 0 amide bonds. The predicted octanol–water partition coefficient (Wildman–Crippen LogP) is 1.22.